The minimum absolute atomic E-state index is 0.0921. The molecule has 0 saturated carbocycles. The Morgan fingerprint density at radius 2 is 2.20 bits per heavy atom. The molecule has 110 valence electrons. The lowest BCUT2D eigenvalue weighted by molar-refractivity contribution is 0.0102. The first kappa shape index (κ1) is 15.0. The molecule has 7 heteroatoms. The van der Waals surface area contributed by atoms with Crippen molar-refractivity contribution >= 4 is 16.0 Å². The van der Waals surface area contributed by atoms with Crippen LogP contribution in [0.5, 0.6) is 0 Å². The third-order valence-corrected chi connectivity index (χ3v) is 4.96. The predicted octanol–water partition coefficient (Wildman–Crippen LogP) is 0.883. The molecule has 1 aliphatic heterocycles. The Labute approximate surface area is 118 Å². The molecule has 0 spiro atoms. The summed E-state index contributed by atoms with van der Waals surface area (Å²) < 4.78 is 36.3. The summed E-state index contributed by atoms with van der Waals surface area (Å²) in [5.41, 5.74) is 0.217. The molecule has 1 fully saturated rings. The van der Waals surface area contributed by atoms with Gasteiger partial charge in [-0.15, -0.1) is 0 Å². The van der Waals surface area contributed by atoms with Crippen LogP contribution in [0.3, 0.4) is 0 Å². The Bertz CT molecular complexity index is 599. The van der Waals surface area contributed by atoms with Crippen molar-refractivity contribution in [1.82, 2.24) is 4.31 Å². The minimum Gasteiger partial charge on any atom is -0.465 e. The zero-order valence-corrected chi connectivity index (χ0v) is 12.2. The van der Waals surface area contributed by atoms with Gasteiger partial charge in [-0.05, 0) is 25.1 Å². The molecule has 0 aliphatic carbocycles. The number of carbonyl (C=O) groups is 1. The van der Waals surface area contributed by atoms with Crippen molar-refractivity contribution in [3.63, 3.8) is 0 Å². The van der Waals surface area contributed by atoms with Gasteiger partial charge in [-0.25, -0.2) is 13.2 Å². The van der Waals surface area contributed by atoms with Crippen molar-refractivity contribution in [3.05, 3.63) is 29.8 Å². The van der Waals surface area contributed by atoms with E-state index in [0.29, 0.717) is 19.7 Å². The molecule has 1 aliphatic rings. The highest BCUT2D eigenvalue weighted by atomic mass is 32.2. The van der Waals surface area contributed by atoms with Gasteiger partial charge in [0.25, 0.3) is 0 Å². The number of methoxy groups -OCH3 is 1. The highest BCUT2D eigenvalue weighted by Gasteiger charge is 2.29. The number of rotatable bonds is 3. The van der Waals surface area contributed by atoms with Gasteiger partial charge in [0.2, 0.25) is 10.0 Å². The quantitative estimate of drug-likeness (QED) is 0.775. The summed E-state index contributed by atoms with van der Waals surface area (Å²) in [6.07, 6.45) is -0.137. The average molecular weight is 299 g/mol. The van der Waals surface area contributed by atoms with E-state index in [1.165, 1.54) is 35.7 Å². The molecule has 0 unspecified atom stereocenters. The summed E-state index contributed by atoms with van der Waals surface area (Å²) in [6, 6.07) is 5.86. The van der Waals surface area contributed by atoms with Crippen LogP contribution in [0.1, 0.15) is 17.3 Å². The predicted molar refractivity (Wildman–Crippen MR) is 72.0 cm³/mol. The zero-order chi connectivity index (χ0) is 14.8. The molecular formula is C13H17NO5S. The van der Waals surface area contributed by atoms with E-state index < -0.39 is 16.0 Å². The molecule has 20 heavy (non-hydrogen) atoms. The van der Waals surface area contributed by atoms with Crippen molar-refractivity contribution in [2.24, 2.45) is 0 Å². The number of benzene rings is 1. The van der Waals surface area contributed by atoms with Crippen LogP contribution in [-0.4, -0.2) is 51.6 Å². The lowest BCUT2D eigenvalue weighted by Gasteiger charge is -2.30. The summed E-state index contributed by atoms with van der Waals surface area (Å²) in [4.78, 5) is 11.6. The largest absolute Gasteiger partial charge is 0.465 e. The van der Waals surface area contributed by atoms with Crippen molar-refractivity contribution < 1.29 is 22.7 Å². The van der Waals surface area contributed by atoms with E-state index in [1.807, 2.05) is 6.92 Å². The van der Waals surface area contributed by atoms with Gasteiger partial charge in [0.05, 0.1) is 30.3 Å². The van der Waals surface area contributed by atoms with Crippen molar-refractivity contribution in [3.8, 4) is 0 Å². The standard InChI is InChI=1S/C13H17NO5S/c1-10-9-14(6-7-19-10)20(16,17)12-5-3-4-11(8-12)13(15)18-2/h3-5,8,10H,6-7,9H2,1-2H3/t10-/m1/s1. The van der Waals surface area contributed by atoms with Gasteiger partial charge in [0.15, 0.2) is 0 Å². The molecule has 0 radical (unpaired) electrons. The number of sulfonamides is 1. The van der Waals surface area contributed by atoms with Crippen LogP contribution in [0.2, 0.25) is 0 Å². The molecule has 1 aromatic carbocycles. The number of hydrogen-bond donors (Lipinski definition) is 0. The monoisotopic (exact) mass is 299 g/mol. The number of ether oxygens (including phenoxy) is 2. The van der Waals surface area contributed by atoms with Gasteiger partial charge in [0.1, 0.15) is 0 Å². The van der Waals surface area contributed by atoms with Gasteiger partial charge in [-0.1, -0.05) is 6.07 Å². The van der Waals surface area contributed by atoms with Crippen LogP contribution >= 0.6 is 0 Å². The fourth-order valence-electron chi connectivity index (χ4n) is 2.06. The number of esters is 1. The summed E-state index contributed by atoms with van der Waals surface area (Å²) in [5.74, 6) is -0.558. The second-order valence-corrected chi connectivity index (χ2v) is 6.50. The van der Waals surface area contributed by atoms with Crippen LogP contribution in [-0.2, 0) is 19.5 Å². The SMILES string of the molecule is COC(=O)c1cccc(S(=O)(=O)N2CCO[C@H](C)C2)c1. The Hall–Kier alpha value is -1.44. The average Bonchev–Trinajstić information content (AvgIpc) is 2.46. The van der Waals surface area contributed by atoms with E-state index in [9.17, 15) is 13.2 Å². The van der Waals surface area contributed by atoms with Crippen LogP contribution in [0.15, 0.2) is 29.2 Å². The summed E-state index contributed by atoms with van der Waals surface area (Å²) in [7, 11) is -2.36. The van der Waals surface area contributed by atoms with E-state index >= 15 is 0 Å². The molecule has 1 heterocycles. The normalized spacial score (nSPS) is 20.6. The first-order chi connectivity index (χ1) is 9.45. The lowest BCUT2D eigenvalue weighted by Crippen LogP contribution is -2.44. The van der Waals surface area contributed by atoms with Gasteiger partial charge in [0, 0.05) is 13.1 Å². The fourth-order valence-corrected chi connectivity index (χ4v) is 3.60. The van der Waals surface area contributed by atoms with Crippen molar-refractivity contribution in [2.75, 3.05) is 26.8 Å². The summed E-state index contributed by atoms with van der Waals surface area (Å²) >= 11 is 0. The smallest absolute Gasteiger partial charge is 0.337 e. The Balaban J connectivity index is 2.32. The molecule has 2 rings (SSSR count). The third-order valence-electron chi connectivity index (χ3n) is 3.10. The minimum atomic E-state index is -3.61. The summed E-state index contributed by atoms with van der Waals surface area (Å²) in [5, 5.41) is 0. The van der Waals surface area contributed by atoms with E-state index in [1.54, 1.807) is 0 Å². The van der Waals surface area contributed by atoms with E-state index in [0.717, 1.165) is 0 Å². The van der Waals surface area contributed by atoms with Crippen molar-refractivity contribution in [1.29, 1.82) is 0 Å². The second-order valence-electron chi connectivity index (χ2n) is 4.56. The molecule has 0 aromatic heterocycles. The van der Waals surface area contributed by atoms with Crippen LogP contribution < -0.4 is 0 Å². The van der Waals surface area contributed by atoms with E-state index in [-0.39, 0.29) is 16.6 Å². The van der Waals surface area contributed by atoms with Gasteiger partial charge in [-0.3, -0.25) is 0 Å². The molecule has 6 nitrogen and oxygen atoms in total. The van der Waals surface area contributed by atoms with Gasteiger partial charge in [-0.2, -0.15) is 4.31 Å². The van der Waals surface area contributed by atoms with E-state index in [2.05, 4.69) is 4.74 Å². The Morgan fingerprint density at radius 1 is 1.45 bits per heavy atom. The van der Waals surface area contributed by atoms with Crippen LogP contribution in [0, 0.1) is 0 Å². The number of morpholine rings is 1. The highest BCUT2D eigenvalue weighted by Crippen LogP contribution is 2.20. The Kier molecular flexibility index (Phi) is 4.42. The fraction of sp³-hybridized carbons (Fsp3) is 0.462. The van der Waals surface area contributed by atoms with Gasteiger partial charge < -0.3 is 9.47 Å². The zero-order valence-electron chi connectivity index (χ0n) is 11.4. The van der Waals surface area contributed by atoms with Crippen LogP contribution in [0.4, 0.5) is 0 Å². The summed E-state index contributed by atoms with van der Waals surface area (Å²) in [6.45, 7) is 2.82. The van der Waals surface area contributed by atoms with E-state index in [4.69, 9.17) is 4.74 Å². The maximum atomic E-state index is 12.5. The van der Waals surface area contributed by atoms with Crippen molar-refractivity contribution in [2.45, 2.75) is 17.9 Å². The molecular weight excluding hydrogens is 282 g/mol. The van der Waals surface area contributed by atoms with Gasteiger partial charge >= 0.3 is 5.97 Å². The highest BCUT2D eigenvalue weighted by molar-refractivity contribution is 7.89. The first-order valence-corrected chi connectivity index (χ1v) is 7.69. The second kappa shape index (κ2) is 5.90. The topological polar surface area (TPSA) is 72.9 Å². The molecule has 1 aromatic rings. The lowest BCUT2D eigenvalue weighted by atomic mass is 10.2. The number of hydrogen-bond acceptors (Lipinski definition) is 5. The molecule has 0 amide bonds. The maximum absolute atomic E-state index is 12.5. The molecule has 0 bridgehead atoms. The number of carbonyl (C=O) groups excluding carboxylic acids is 1. The molecule has 0 N–H and O–H groups in total. The maximum Gasteiger partial charge on any atom is 0.337 e. The van der Waals surface area contributed by atoms with Crippen LogP contribution in [0.25, 0.3) is 0 Å². The Morgan fingerprint density at radius 3 is 2.85 bits per heavy atom. The third kappa shape index (κ3) is 3.00. The first-order valence-electron chi connectivity index (χ1n) is 6.25. The molecule has 1 atom stereocenters. The molecule has 1 saturated heterocycles. The number of nitrogens with zero attached hydrogens (tertiary/aromatic N) is 1.